The van der Waals surface area contributed by atoms with Gasteiger partial charge in [-0.1, -0.05) is 26.7 Å². The van der Waals surface area contributed by atoms with Gasteiger partial charge in [0.15, 0.2) is 0 Å². The van der Waals surface area contributed by atoms with Gasteiger partial charge in [-0.2, -0.15) is 0 Å². The van der Waals surface area contributed by atoms with Gasteiger partial charge in [-0.25, -0.2) is 0 Å². The highest BCUT2D eigenvalue weighted by Gasteiger charge is 2.49. The average Bonchev–Trinajstić information content (AvgIpc) is 3.18. The zero-order valence-corrected chi connectivity index (χ0v) is 12.2. The topological polar surface area (TPSA) is 21.3 Å². The highest BCUT2D eigenvalue weighted by atomic mass is 16.5. The first-order valence-electron chi connectivity index (χ1n) is 7.90. The van der Waals surface area contributed by atoms with Crippen molar-refractivity contribution in [2.75, 3.05) is 7.11 Å². The molecule has 1 N–H and O–H groups in total. The summed E-state index contributed by atoms with van der Waals surface area (Å²) in [5.74, 6) is 2.13. The Kier molecular flexibility index (Phi) is 3.44. The van der Waals surface area contributed by atoms with E-state index in [1.807, 2.05) is 7.11 Å². The predicted molar refractivity (Wildman–Crippen MR) is 74.6 cm³/mol. The van der Waals surface area contributed by atoms with Crippen LogP contribution in [0, 0.1) is 17.3 Å². The average molecular weight is 251 g/mol. The van der Waals surface area contributed by atoms with E-state index in [-0.39, 0.29) is 0 Å². The monoisotopic (exact) mass is 251 g/mol. The van der Waals surface area contributed by atoms with Crippen molar-refractivity contribution in [1.29, 1.82) is 0 Å². The summed E-state index contributed by atoms with van der Waals surface area (Å²) in [5.41, 5.74) is 0.321. The number of hydrogen-bond acceptors (Lipinski definition) is 2. The molecule has 3 aliphatic carbocycles. The van der Waals surface area contributed by atoms with Crippen LogP contribution in [0.1, 0.15) is 58.8 Å². The Hall–Kier alpha value is -0.0800. The predicted octanol–water partition coefficient (Wildman–Crippen LogP) is 3.36. The van der Waals surface area contributed by atoms with E-state index in [0.717, 1.165) is 17.9 Å². The molecular weight excluding hydrogens is 222 g/mol. The lowest BCUT2D eigenvalue weighted by Gasteiger charge is -2.53. The van der Waals surface area contributed by atoms with Crippen molar-refractivity contribution in [3.63, 3.8) is 0 Å². The minimum Gasteiger partial charge on any atom is -0.381 e. The summed E-state index contributed by atoms with van der Waals surface area (Å²) in [4.78, 5) is 0. The Labute approximate surface area is 112 Å². The molecule has 4 unspecified atom stereocenters. The number of nitrogens with one attached hydrogen (secondary N) is 1. The first-order chi connectivity index (χ1) is 8.61. The van der Waals surface area contributed by atoms with Crippen LogP contribution < -0.4 is 5.32 Å². The summed E-state index contributed by atoms with van der Waals surface area (Å²) in [6, 6.07) is 1.46. The number of rotatable bonds is 4. The molecule has 0 spiro atoms. The third kappa shape index (κ3) is 2.34. The van der Waals surface area contributed by atoms with Gasteiger partial charge in [-0.3, -0.25) is 0 Å². The lowest BCUT2D eigenvalue weighted by atomic mass is 9.64. The summed E-state index contributed by atoms with van der Waals surface area (Å²) in [7, 11) is 1.85. The van der Waals surface area contributed by atoms with Crippen molar-refractivity contribution in [3.05, 3.63) is 0 Å². The lowest BCUT2D eigenvalue weighted by molar-refractivity contribution is -0.102. The second-order valence-corrected chi connectivity index (χ2v) is 7.46. The molecule has 3 fully saturated rings. The zero-order chi connectivity index (χ0) is 12.8. The molecule has 0 heterocycles. The van der Waals surface area contributed by atoms with Gasteiger partial charge in [0.2, 0.25) is 0 Å². The van der Waals surface area contributed by atoms with Gasteiger partial charge in [-0.05, 0) is 43.9 Å². The normalized spacial score (nSPS) is 43.5. The second-order valence-electron chi connectivity index (χ2n) is 7.46. The van der Waals surface area contributed by atoms with Crippen LogP contribution in [0.2, 0.25) is 0 Å². The Bertz CT molecular complexity index is 297. The van der Waals surface area contributed by atoms with Gasteiger partial charge in [0, 0.05) is 24.6 Å². The molecule has 3 rings (SSSR count). The summed E-state index contributed by atoms with van der Waals surface area (Å²) in [6.45, 7) is 4.70. The Morgan fingerprint density at radius 1 is 1.00 bits per heavy atom. The first-order valence-corrected chi connectivity index (χ1v) is 7.90. The number of ether oxygens (including phenoxy) is 1. The van der Waals surface area contributed by atoms with Gasteiger partial charge >= 0.3 is 0 Å². The van der Waals surface area contributed by atoms with Crippen LogP contribution in [0.15, 0.2) is 0 Å². The molecule has 0 aromatic rings. The van der Waals surface area contributed by atoms with Gasteiger partial charge in [0.05, 0.1) is 6.10 Å². The Morgan fingerprint density at radius 2 is 1.78 bits per heavy atom. The molecule has 4 atom stereocenters. The Balaban J connectivity index is 1.50. The van der Waals surface area contributed by atoms with E-state index in [1.54, 1.807) is 0 Å². The van der Waals surface area contributed by atoms with Crippen molar-refractivity contribution < 1.29 is 4.74 Å². The standard InChI is InChI=1S/C16H29NO/c1-16(2)14(10-15(16)18-3)17-13-6-4-5-12(9-13)11-7-8-11/h11-15,17H,4-10H2,1-3H3. The molecule has 0 amide bonds. The van der Waals surface area contributed by atoms with Crippen LogP contribution in [0.5, 0.6) is 0 Å². The van der Waals surface area contributed by atoms with Gasteiger partial charge in [0.25, 0.3) is 0 Å². The van der Waals surface area contributed by atoms with Crippen molar-refractivity contribution in [1.82, 2.24) is 5.32 Å². The maximum atomic E-state index is 5.55. The molecule has 0 bridgehead atoms. The van der Waals surface area contributed by atoms with Crippen LogP contribution >= 0.6 is 0 Å². The molecule has 2 heteroatoms. The van der Waals surface area contributed by atoms with Gasteiger partial charge in [-0.15, -0.1) is 0 Å². The molecule has 104 valence electrons. The molecule has 0 aromatic carbocycles. The summed E-state index contributed by atoms with van der Waals surface area (Å²) < 4.78 is 5.55. The Morgan fingerprint density at radius 3 is 2.39 bits per heavy atom. The van der Waals surface area contributed by atoms with E-state index in [1.165, 1.54) is 44.9 Å². The third-order valence-corrected chi connectivity index (χ3v) is 5.90. The largest absolute Gasteiger partial charge is 0.381 e. The summed E-state index contributed by atoms with van der Waals surface area (Å²) in [6.07, 6.45) is 10.5. The fourth-order valence-electron chi connectivity index (χ4n) is 4.23. The molecule has 18 heavy (non-hydrogen) atoms. The van der Waals surface area contributed by atoms with Crippen LogP contribution in [0.3, 0.4) is 0 Å². The van der Waals surface area contributed by atoms with E-state index in [9.17, 15) is 0 Å². The van der Waals surface area contributed by atoms with E-state index in [2.05, 4.69) is 19.2 Å². The van der Waals surface area contributed by atoms with E-state index >= 15 is 0 Å². The molecule has 0 aromatic heterocycles. The number of hydrogen-bond donors (Lipinski definition) is 1. The van der Waals surface area contributed by atoms with Crippen molar-refractivity contribution in [2.45, 2.75) is 77.0 Å². The molecule has 0 aliphatic heterocycles. The van der Waals surface area contributed by atoms with E-state index < -0.39 is 0 Å². The second kappa shape index (κ2) is 4.79. The highest BCUT2D eigenvalue weighted by Crippen LogP contribution is 2.46. The van der Waals surface area contributed by atoms with Crippen molar-refractivity contribution in [3.8, 4) is 0 Å². The maximum absolute atomic E-state index is 5.55. The lowest BCUT2D eigenvalue weighted by Crippen LogP contribution is -2.62. The van der Waals surface area contributed by atoms with Crippen LogP contribution in [0.25, 0.3) is 0 Å². The zero-order valence-electron chi connectivity index (χ0n) is 12.2. The summed E-state index contributed by atoms with van der Waals surface area (Å²) in [5, 5.41) is 3.94. The van der Waals surface area contributed by atoms with Crippen LogP contribution in [-0.2, 0) is 4.74 Å². The van der Waals surface area contributed by atoms with Gasteiger partial charge in [0.1, 0.15) is 0 Å². The molecular formula is C16H29NO. The fraction of sp³-hybridized carbons (Fsp3) is 1.00. The van der Waals surface area contributed by atoms with Crippen LogP contribution in [0.4, 0.5) is 0 Å². The molecule has 2 nitrogen and oxygen atoms in total. The summed E-state index contributed by atoms with van der Waals surface area (Å²) >= 11 is 0. The van der Waals surface area contributed by atoms with E-state index in [4.69, 9.17) is 4.74 Å². The van der Waals surface area contributed by atoms with Crippen molar-refractivity contribution >= 4 is 0 Å². The van der Waals surface area contributed by atoms with Gasteiger partial charge < -0.3 is 10.1 Å². The first kappa shape index (κ1) is 12.9. The maximum Gasteiger partial charge on any atom is 0.0652 e. The molecule has 0 saturated heterocycles. The van der Waals surface area contributed by atoms with Crippen molar-refractivity contribution in [2.24, 2.45) is 17.3 Å². The molecule has 0 radical (unpaired) electrons. The molecule has 3 saturated carbocycles. The number of methoxy groups -OCH3 is 1. The minimum absolute atomic E-state index is 0.321. The quantitative estimate of drug-likeness (QED) is 0.827. The van der Waals surface area contributed by atoms with E-state index in [0.29, 0.717) is 17.6 Å². The minimum atomic E-state index is 0.321. The SMILES string of the molecule is COC1CC(NC2CCCC(C3CC3)C2)C1(C)C. The molecule has 3 aliphatic rings. The fourth-order valence-corrected chi connectivity index (χ4v) is 4.23. The van der Waals surface area contributed by atoms with Crippen LogP contribution in [-0.4, -0.2) is 25.3 Å². The third-order valence-electron chi connectivity index (χ3n) is 5.90. The highest BCUT2D eigenvalue weighted by molar-refractivity contribution is 5.04. The smallest absolute Gasteiger partial charge is 0.0652 e.